The van der Waals surface area contributed by atoms with Gasteiger partial charge < -0.3 is 9.64 Å². The zero-order chi connectivity index (χ0) is 21.5. The van der Waals surface area contributed by atoms with Crippen LogP contribution >= 0.6 is 47.1 Å². The van der Waals surface area contributed by atoms with Gasteiger partial charge in [0.05, 0.1) is 17.3 Å². The molecule has 1 heterocycles. The minimum Gasteiger partial charge on any atom is -0.497 e. The van der Waals surface area contributed by atoms with Gasteiger partial charge in [0.2, 0.25) is 5.91 Å². The number of benzene rings is 2. The van der Waals surface area contributed by atoms with E-state index in [1.54, 1.807) is 18.9 Å². The van der Waals surface area contributed by atoms with Crippen LogP contribution in [0, 0.1) is 0 Å². The van der Waals surface area contributed by atoms with Crippen molar-refractivity contribution in [3.63, 3.8) is 0 Å². The van der Waals surface area contributed by atoms with Crippen LogP contribution < -0.4 is 9.64 Å². The molecule has 0 unspecified atom stereocenters. The molecule has 0 spiro atoms. The van der Waals surface area contributed by atoms with Crippen molar-refractivity contribution in [1.82, 2.24) is 9.88 Å². The van der Waals surface area contributed by atoms with Crippen molar-refractivity contribution < 1.29 is 9.53 Å². The van der Waals surface area contributed by atoms with E-state index in [0.29, 0.717) is 18.0 Å². The van der Waals surface area contributed by atoms with E-state index in [9.17, 15) is 4.79 Å². The molecule has 9 heteroatoms. The molecular weight excluding hydrogens is 473 g/mol. The number of methoxy groups -OCH3 is 1. The average Bonchev–Trinajstić information content (AvgIpc) is 3.14. The molecule has 168 valence electrons. The summed E-state index contributed by atoms with van der Waals surface area (Å²) in [5.41, 5.74) is 0.872. The number of halogens is 2. The molecule has 0 saturated carbocycles. The number of aromatic nitrogens is 1. The number of thiazole rings is 1. The number of ether oxygens (including phenoxy) is 1. The molecule has 3 aromatic rings. The molecule has 0 radical (unpaired) electrons. The zero-order valence-corrected chi connectivity index (χ0v) is 21.0. The predicted octanol–water partition coefficient (Wildman–Crippen LogP) is 5.85. The number of hydrogen-bond donors (Lipinski definition) is 0. The predicted molar refractivity (Wildman–Crippen MR) is 136 cm³/mol. The highest BCUT2D eigenvalue weighted by atomic mass is 35.5. The molecule has 1 amide bonds. The number of carbonyl (C=O) groups is 1. The van der Waals surface area contributed by atoms with E-state index < -0.39 is 0 Å². The number of nitrogens with zero attached hydrogens (tertiary/aromatic N) is 3. The van der Waals surface area contributed by atoms with E-state index in [4.69, 9.17) is 16.3 Å². The van der Waals surface area contributed by atoms with Crippen LogP contribution in [0.1, 0.15) is 12.8 Å². The van der Waals surface area contributed by atoms with Crippen molar-refractivity contribution in [2.24, 2.45) is 0 Å². The van der Waals surface area contributed by atoms with Gasteiger partial charge in [-0.05, 0) is 68.7 Å². The number of hydrogen-bond acceptors (Lipinski definition) is 6. The fraction of sp³-hybridized carbons (Fsp3) is 0.364. The summed E-state index contributed by atoms with van der Waals surface area (Å²) in [6, 6.07) is 13.6. The lowest BCUT2D eigenvalue weighted by Crippen LogP contribution is -2.36. The summed E-state index contributed by atoms with van der Waals surface area (Å²) < 4.78 is 6.18. The first kappa shape index (κ1) is 25.7. The Morgan fingerprint density at radius 2 is 1.90 bits per heavy atom. The second-order valence-electron chi connectivity index (χ2n) is 7.08. The Labute approximate surface area is 203 Å². The van der Waals surface area contributed by atoms with E-state index in [0.717, 1.165) is 39.8 Å². The van der Waals surface area contributed by atoms with E-state index in [1.165, 1.54) is 16.2 Å². The first-order chi connectivity index (χ1) is 14.5. The maximum absolute atomic E-state index is 13.0. The number of fused-ring (bicyclic) bond motifs is 1. The van der Waals surface area contributed by atoms with Crippen molar-refractivity contribution in [3.8, 4) is 5.75 Å². The van der Waals surface area contributed by atoms with Gasteiger partial charge in [-0.1, -0.05) is 22.9 Å². The largest absolute Gasteiger partial charge is 0.497 e. The van der Waals surface area contributed by atoms with Gasteiger partial charge in [-0.2, -0.15) is 0 Å². The highest BCUT2D eigenvalue weighted by Crippen LogP contribution is 2.31. The maximum atomic E-state index is 13.0. The SMILES string of the molecule is COc1ccc(SCCCC(=O)N(CCN(C)C)c2nc3ccc(Cl)cc3s2)cc1.Cl. The molecule has 0 fully saturated rings. The first-order valence-corrected chi connectivity index (χ1v) is 11.9. The van der Waals surface area contributed by atoms with Crippen LogP contribution in [0.2, 0.25) is 5.02 Å². The van der Waals surface area contributed by atoms with Crippen LogP contribution in [0.15, 0.2) is 47.4 Å². The summed E-state index contributed by atoms with van der Waals surface area (Å²) in [6.45, 7) is 1.40. The maximum Gasteiger partial charge on any atom is 0.228 e. The molecule has 2 aromatic carbocycles. The number of anilines is 1. The second-order valence-corrected chi connectivity index (χ2v) is 9.70. The van der Waals surface area contributed by atoms with E-state index >= 15 is 0 Å². The van der Waals surface area contributed by atoms with Gasteiger partial charge in [0.25, 0.3) is 0 Å². The number of carbonyl (C=O) groups excluding carboxylic acids is 1. The Morgan fingerprint density at radius 3 is 2.58 bits per heavy atom. The standard InChI is InChI=1S/C22H26ClN3O2S2.ClH/c1-25(2)12-13-26(22-24-19-11-6-16(23)15-20(19)30-22)21(27)5-4-14-29-18-9-7-17(28-3)8-10-18;/h6-11,15H,4-5,12-14H2,1-3H3;1H. The van der Waals surface area contributed by atoms with Gasteiger partial charge in [0.15, 0.2) is 5.13 Å². The second kappa shape index (κ2) is 12.5. The van der Waals surface area contributed by atoms with Gasteiger partial charge in [-0.3, -0.25) is 9.69 Å². The van der Waals surface area contributed by atoms with Gasteiger partial charge in [-0.15, -0.1) is 24.2 Å². The van der Waals surface area contributed by atoms with Crippen LogP contribution in [0.4, 0.5) is 5.13 Å². The minimum absolute atomic E-state index is 0. The van der Waals surface area contributed by atoms with E-state index in [-0.39, 0.29) is 18.3 Å². The number of rotatable bonds is 10. The van der Waals surface area contributed by atoms with E-state index in [2.05, 4.69) is 9.88 Å². The van der Waals surface area contributed by atoms with Crippen molar-refractivity contribution in [2.45, 2.75) is 17.7 Å². The van der Waals surface area contributed by atoms with Gasteiger partial charge in [0.1, 0.15) is 5.75 Å². The Balaban J connectivity index is 0.00000341. The molecule has 5 nitrogen and oxygen atoms in total. The lowest BCUT2D eigenvalue weighted by molar-refractivity contribution is -0.118. The number of amides is 1. The van der Waals surface area contributed by atoms with Crippen molar-refractivity contribution in [1.29, 1.82) is 0 Å². The number of thioether (sulfide) groups is 1. The topological polar surface area (TPSA) is 45.7 Å². The fourth-order valence-electron chi connectivity index (χ4n) is 2.85. The van der Waals surface area contributed by atoms with Crippen molar-refractivity contribution in [2.75, 3.05) is 44.9 Å². The normalized spacial score (nSPS) is 10.9. The smallest absolute Gasteiger partial charge is 0.228 e. The summed E-state index contributed by atoms with van der Waals surface area (Å²) in [7, 11) is 5.67. The van der Waals surface area contributed by atoms with Gasteiger partial charge in [0, 0.05) is 29.4 Å². The quantitative estimate of drug-likeness (QED) is 0.258. The minimum atomic E-state index is 0. The summed E-state index contributed by atoms with van der Waals surface area (Å²) >= 11 is 9.37. The third-order valence-corrected chi connectivity index (χ3v) is 6.88. The summed E-state index contributed by atoms with van der Waals surface area (Å²) in [6.07, 6.45) is 1.30. The van der Waals surface area contributed by atoms with Crippen LogP contribution in [0.3, 0.4) is 0 Å². The van der Waals surface area contributed by atoms with Crippen molar-refractivity contribution >= 4 is 68.4 Å². The van der Waals surface area contributed by atoms with Crippen LogP contribution in [0.5, 0.6) is 5.75 Å². The molecule has 0 N–H and O–H groups in total. The highest BCUT2D eigenvalue weighted by Gasteiger charge is 2.19. The molecule has 0 aliphatic rings. The average molecular weight is 501 g/mol. The van der Waals surface area contributed by atoms with Crippen molar-refractivity contribution in [3.05, 3.63) is 47.5 Å². The Kier molecular flexibility index (Phi) is 10.4. The Morgan fingerprint density at radius 1 is 1.16 bits per heavy atom. The van der Waals surface area contributed by atoms with Crippen LogP contribution in [-0.4, -0.2) is 55.8 Å². The monoisotopic (exact) mass is 499 g/mol. The number of likely N-dealkylation sites (N-methyl/N-ethyl adjacent to an activating group) is 1. The molecule has 3 rings (SSSR count). The molecule has 0 aliphatic carbocycles. The van der Waals surface area contributed by atoms with Crippen LogP contribution in [-0.2, 0) is 4.79 Å². The Hall–Kier alpha value is -1.51. The first-order valence-electron chi connectivity index (χ1n) is 9.74. The lowest BCUT2D eigenvalue weighted by Gasteiger charge is -2.22. The fourth-order valence-corrected chi connectivity index (χ4v) is 4.99. The highest BCUT2D eigenvalue weighted by molar-refractivity contribution is 7.99. The third kappa shape index (κ3) is 7.54. The molecule has 31 heavy (non-hydrogen) atoms. The summed E-state index contributed by atoms with van der Waals surface area (Å²) in [5.74, 6) is 1.84. The lowest BCUT2D eigenvalue weighted by atomic mass is 10.3. The third-order valence-electron chi connectivity index (χ3n) is 4.51. The molecule has 0 saturated heterocycles. The van der Waals surface area contributed by atoms with Gasteiger partial charge >= 0.3 is 0 Å². The summed E-state index contributed by atoms with van der Waals surface area (Å²) in [4.78, 5) is 22.8. The molecule has 0 atom stereocenters. The van der Waals surface area contributed by atoms with E-state index in [1.807, 2.05) is 61.5 Å². The zero-order valence-electron chi connectivity index (χ0n) is 17.8. The molecule has 0 aliphatic heterocycles. The molecule has 1 aromatic heterocycles. The summed E-state index contributed by atoms with van der Waals surface area (Å²) in [5, 5.41) is 1.42. The van der Waals surface area contributed by atoms with Gasteiger partial charge in [-0.25, -0.2) is 4.98 Å². The Bertz CT molecular complexity index is 981. The van der Waals surface area contributed by atoms with Crippen LogP contribution in [0.25, 0.3) is 10.2 Å². The molecular formula is C22H27Cl2N3O2S2. The molecule has 0 bridgehead atoms.